The number of hydrogen-bond donors (Lipinski definition) is 1. The second-order valence-corrected chi connectivity index (χ2v) is 6.60. The number of aliphatic carboxylic acids is 1. The lowest BCUT2D eigenvalue weighted by Crippen LogP contribution is -2.22. The quantitative estimate of drug-likeness (QED) is 0.783. The first kappa shape index (κ1) is 19.5. The maximum atomic E-state index is 11.8. The zero-order valence-electron chi connectivity index (χ0n) is 15.4. The predicted molar refractivity (Wildman–Crippen MR) is 99.3 cm³/mol. The number of amides is 1. The Labute approximate surface area is 154 Å². The number of carboxylic acids is 1. The molecular formula is C21H24NO4-. The second kappa shape index (κ2) is 9.04. The monoisotopic (exact) mass is 354 g/mol. The van der Waals surface area contributed by atoms with Crippen LogP contribution in [-0.4, -0.2) is 11.9 Å². The molecular weight excluding hydrogens is 330 g/mol. The van der Waals surface area contributed by atoms with Gasteiger partial charge in [0.25, 0.3) is 0 Å². The maximum Gasteiger partial charge on any atom is 0.224 e. The number of carbonyl (C=O) groups excluding carboxylic acids is 2. The van der Waals surface area contributed by atoms with Crippen LogP contribution < -0.4 is 15.2 Å². The molecule has 0 fully saturated rings. The number of carboxylic acid groups (broad SMARTS) is 1. The van der Waals surface area contributed by atoms with Crippen LogP contribution in [0.15, 0.2) is 42.5 Å². The smallest absolute Gasteiger partial charge is 0.224 e. The summed E-state index contributed by atoms with van der Waals surface area (Å²) >= 11 is 0. The fourth-order valence-electron chi connectivity index (χ4n) is 2.56. The Balaban J connectivity index is 1.99. The van der Waals surface area contributed by atoms with Crippen LogP contribution in [0.4, 0.5) is 5.69 Å². The number of anilines is 1. The fourth-order valence-corrected chi connectivity index (χ4v) is 2.56. The van der Waals surface area contributed by atoms with Crippen LogP contribution in [0.1, 0.15) is 50.2 Å². The van der Waals surface area contributed by atoms with Crippen molar-refractivity contribution < 1.29 is 19.4 Å². The minimum absolute atomic E-state index is 0.116. The van der Waals surface area contributed by atoms with E-state index in [1.807, 2.05) is 13.0 Å². The number of aryl methyl sites for hydroxylation is 1. The molecule has 0 aliphatic heterocycles. The van der Waals surface area contributed by atoms with Crippen molar-refractivity contribution >= 4 is 17.6 Å². The van der Waals surface area contributed by atoms with Crippen molar-refractivity contribution in [1.82, 2.24) is 0 Å². The molecule has 2 aromatic carbocycles. The molecule has 0 atom stereocenters. The molecule has 0 unspecified atom stereocenters. The highest BCUT2D eigenvalue weighted by Gasteiger charge is 2.09. The van der Waals surface area contributed by atoms with Gasteiger partial charge in [-0.3, -0.25) is 4.79 Å². The number of benzene rings is 2. The topological polar surface area (TPSA) is 78.5 Å². The van der Waals surface area contributed by atoms with Crippen LogP contribution in [0.2, 0.25) is 0 Å². The second-order valence-electron chi connectivity index (χ2n) is 6.60. The lowest BCUT2D eigenvalue weighted by atomic mass is 10.0. The maximum absolute atomic E-state index is 11.8. The first-order valence-corrected chi connectivity index (χ1v) is 8.73. The Morgan fingerprint density at radius 1 is 1.08 bits per heavy atom. The molecule has 2 aromatic rings. The van der Waals surface area contributed by atoms with Gasteiger partial charge in [0.2, 0.25) is 5.91 Å². The van der Waals surface area contributed by atoms with E-state index in [2.05, 4.69) is 31.3 Å². The Morgan fingerprint density at radius 3 is 2.38 bits per heavy atom. The molecule has 0 aliphatic carbocycles. The Hall–Kier alpha value is -2.82. The number of ether oxygens (including phenoxy) is 1. The molecule has 0 saturated heterocycles. The third-order valence-corrected chi connectivity index (χ3v) is 3.94. The third kappa shape index (κ3) is 5.92. The Morgan fingerprint density at radius 2 is 1.77 bits per heavy atom. The van der Waals surface area contributed by atoms with Gasteiger partial charge in [0, 0.05) is 18.1 Å². The van der Waals surface area contributed by atoms with E-state index < -0.39 is 5.97 Å². The van der Waals surface area contributed by atoms with Crippen LogP contribution in [0.5, 0.6) is 11.5 Å². The normalized spacial score (nSPS) is 10.6. The molecule has 0 saturated carbocycles. The van der Waals surface area contributed by atoms with Crippen molar-refractivity contribution in [3.63, 3.8) is 0 Å². The largest absolute Gasteiger partial charge is 0.550 e. The summed E-state index contributed by atoms with van der Waals surface area (Å²) < 4.78 is 6.02. The summed E-state index contributed by atoms with van der Waals surface area (Å²) in [6, 6.07) is 13.3. The lowest BCUT2D eigenvalue weighted by Gasteiger charge is -2.15. The molecule has 5 heteroatoms. The SMILES string of the molecule is Cc1ccc(C(C)C)c(Oc2ccc(NC(=O)CCCC(=O)[O-])cc2)c1. The lowest BCUT2D eigenvalue weighted by molar-refractivity contribution is -0.305. The zero-order chi connectivity index (χ0) is 19.1. The molecule has 5 nitrogen and oxygen atoms in total. The first-order valence-electron chi connectivity index (χ1n) is 8.73. The van der Waals surface area contributed by atoms with Crippen molar-refractivity contribution in [2.75, 3.05) is 5.32 Å². The van der Waals surface area contributed by atoms with Crippen molar-refractivity contribution in [2.24, 2.45) is 0 Å². The standard InChI is InChI=1S/C21H25NO4/c1-14(2)18-12-7-15(3)13-19(18)26-17-10-8-16(9-11-17)22-20(23)5-4-6-21(24)25/h7-14H,4-6H2,1-3H3,(H,22,23)(H,24,25)/p-1. The summed E-state index contributed by atoms with van der Waals surface area (Å²) in [5.74, 6) is 0.508. The summed E-state index contributed by atoms with van der Waals surface area (Å²) in [6.45, 7) is 6.27. The van der Waals surface area contributed by atoms with E-state index in [0.29, 0.717) is 17.4 Å². The predicted octanol–water partition coefficient (Wildman–Crippen LogP) is 3.77. The zero-order valence-corrected chi connectivity index (χ0v) is 15.4. The summed E-state index contributed by atoms with van der Waals surface area (Å²) in [4.78, 5) is 22.1. The molecule has 2 rings (SSSR count). The number of nitrogens with one attached hydrogen (secondary N) is 1. The van der Waals surface area contributed by atoms with E-state index >= 15 is 0 Å². The van der Waals surface area contributed by atoms with Gasteiger partial charge in [0.05, 0.1) is 0 Å². The average Bonchev–Trinajstić information content (AvgIpc) is 2.56. The highest BCUT2D eigenvalue weighted by atomic mass is 16.5. The summed E-state index contributed by atoms with van der Waals surface area (Å²) in [6.07, 6.45) is 0.294. The van der Waals surface area contributed by atoms with Gasteiger partial charge >= 0.3 is 0 Å². The summed E-state index contributed by atoms with van der Waals surface area (Å²) in [7, 11) is 0. The molecule has 1 amide bonds. The van der Waals surface area contributed by atoms with E-state index in [4.69, 9.17) is 4.74 Å². The van der Waals surface area contributed by atoms with E-state index in [-0.39, 0.29) is 25.2 Å². The molecule has 26 heavy (non-hydrogen) atoms. The first-order chi connectivity index (χ1) is 12.3. The molecule has 1 N–H and O–H groups in total. The van der Waals surface area contributed by atoms with Gasteiger partial charge in [-0.15, -0.1) is 0 Å². The van der Waals surface area contributed by atoms with Crippen LogP contribution in [0.3, 0.4) is 0 Å². The number of hydrogen-bond acceptors (Lipinski definition) is 4. The van der Waals surface area contributed by atoms with E-state index in [9.17, 15) is 14.7 Å². The van der Waals surface area contributed by atoms with Crippen molar-refractivity contribution in [3.05, 3.63) is 53.6 Å². The van der Waals surface area contributed by atoms with E-state index in [1.54, 1.807) is 24.3 Å². The van der Waals surface area contributed by atoms with Crippen LogP contribution >= 0.6 is 0 Å². The molecule has 0 spiro atoms. The highest BCUT2D eigenvalue weighted by molar-refractivity contribution is 5.90. The Kier molecular flexibility index (Phi) is 6.78. The summed E-state index contributed by atoms with van der Waals surface area (Å²) in [5, 5.41) is 13.1. The van der Waals surface area contributed by atoms with Crippen LogP contribution in [0.25, 0.3) is 0 Å². The molecule has 0 radical (unpaired) electrons. The minimum Gasteiger partial charge on any atom is -0.550 e. The van der Waals surface area contributed by atoms with Crippen molar-refractivity contribution in [1.29, 1.82) is 0 Å². The van der Waals surface area contributed by atoms with Crippen molar-refractivity contribution in [2.45, 2.75) is 46.0 Å². The van der Waals surface area contributed by atoms with Gasteiger partial charge < -0.3 is 20.0 Å². The number of carbonyl (C=O) groups is 2. The van der Waals surface area contributed by atoms with Gasteiger partial charge in [-0.05, 0) is 67.1 Å². The molecule has 138 valence electrons. The molecule has 0 aliphatic rings. The van der Waals surface area contributed by atoms with Crippen LogP contribution in [0, 0.1) is 6.92 Å². The minimum atomic E-state index is -1.14. The van der Waals surface area contributed by atoms with Gasteiger partial charge in [-0.25, -0.2) is 0 Å². The molecule has 0 aromatic heterocycles. The highest BCUT2D eigenvalue weighted by Crippen LogP contribution is 2.31. The summed E-state index contributed by atoms with van der Waals surface area (Å²) in [5.41, 5.74) is 2.91. The van der Waals surface area contributed by atoms with Gasteiger partial charge in [-0.2, -0.15) is 0 Å². The Bertz CT molecular complexity index is 766. The van der Waals surface area contributed by atoms with Gasteiger partial charge in [0.15, 0.2) is 0 Å². The van der Waals surface area contributed by atoms with E-state index in [0.717, 1.165) is 16.9 Å². The third-order valence-electron chi connectivity index (χ3n) is 3.94. The van der Waals surface area contributed by atoms with Gasteiger partial charge in [-0.1, -0.05) is 26.0 Å². The van der Waals surface area contributed by atoms with E-state index in [1.165, 1.54) is 0 Å². The number of rotatable bonds is 8. The van der Waals surface area contributed by atoms with Crippen molar-refractivity contribution in [3.8, 4) is 11.5 Å². The fraction of sp³-hybridized carbons (Fsp3) is 0.333. The van der Waals surface area contributed by atoms with Gasteiger partial charge in [0.1, 0.15) is 11.5 Å². The molecule has 0 heterocycles. The molecule has 0 bridgehead atoms. The average molecular weight is 354 g/mol. The van der Waals surface area contributed by atoms with Crippen LogP contribution in [-0.2, 0) is 9.59 Å².